The summed E-state index contributed by atoms with van der Waals surface area (Å²) in [4.78, 5) is 4.97. The Morgan fingerprint density at radius 3 is 2.86 bits per heavy atom. The van der Waals surface area contributed by atoms with Crippen molar-refractivity contribution in [1.29, 1.82) is 0 Å². The lowest BCUT2D eigenvalue weighted by Gasteiger charge is -2.18. The highest BCUT2D eigenvalue weighted by atomic mass is 35.5. The molecule has 0 amide bonds. The Morgan fingerprint density at radius 2 is 2.14 bits per heavy atom. The topological polar surface area (TPSA) is 24.9 Å². The van der Waals surface area contributed by atoms with Gasteiger partial charge in [-0.25, -0.2) is 4.39 Å². The SMILES string of the molecule is CCCNC(CSc1ccccc1Cl)c1cncc(F)c1. The van der Waals surface area contributed by atoms with E-state index >= 15 is 0 Å². The molecule has 0 aliphatic carbocycles. The Bertz CT molecular complexity index is 580. The normalized spacial score (nSPS) is 12.3. The molecule has 1 aromatic heterocycles. The van der Waals surface area contributed by atoms with Crippen molar-refractivity contribution in [2.45, 2.75) is 24.3 Å². The van der Waals surface area contributed by atoms with Crippen LogP contribution in [0, 0.1) is 5.82 Å². The van der Waals surface area contributed by atoms with E-state index in [1.54, 1.807) is 18.0 Å². The largest absolute Gasteiger partial charge is 0.309 e. The van der Waals surface area contributed by atoms with Crippen LogP contribution in [0.3, 0.4) is 0 Å². The molecule has 0 aliphatic heterocycles. The molecule has 2 nitrogen and oxygen atoms in total. The van der Waals surface area contributed by atoms with Crippen LogP contribution in [0.5, 0.6) is 0 Å². The first-order valence-electron chi connectivity index (χ1n) is 6.92. The van der Waals surface area contributed by atoms with Crippen LogP contribution in [0.25, 0.3) is 0 Å². The number of nitrogens with one attached hydrogen (secondary N) is 1. The lowest BCUT2D eigenvalue weighted by atomic mass is 10.1. The molecule has 112 valence electrons. The number of aromatic nitrogens is 1. The highest BCUT2D eigenvalue weighted by Gasteiger charge is 2.13. The maximum Gasteiger partial charge on any atom is 0.141 e. The van der Waals surface area contributed by atoms with Crippen molar-refractivity contribution in [3.63, 3.8) is 0 Å². The fourth-order valence-electron chi connectivity index (χ4n) is 1.95. The molecule has 0 fully saturated rings. The van der Waals surface area contributed by atoms with E-state index in [-0.39, 0.29) is 11.9 Å². The molecule has 1 unspecified atom stereocenters. The Balaban J connectivity index is 2.08. The van der Waals surface area contributed by atoms with Crippen LogP contribution in [-0.4, -0.2) is 17.3 Å². The van der Waals surface area contributed by atoms with E-state index in [1.165, 1.54) is 12.3 Å². The second-order valence-electron chi connectivity index (χ2n) is 4.68. The number of pyridine rings is 1. The lowest BCUT2D eigenvalue weighted by molar-refractivity contribution is 0.564. The summed E-state index contributed by atoms with van der Waals surface area (Å²) >= 11 is 7.83. The predicted octanol–water partition coefficient (Wildman–Crippen LogP) is 4.71. The zero-order valence-electron chi connectivity index (χ0n) is 11.9. The van der Waals surface area contributed by atoms with Gasteiger partial charge >= 0.3 is 0 Å². The minimum absolute atomic E-state index is 0.0504. The molecule has 1 atom stereocenters. The molecule has 1 heterocycles. The Hall–Kier alpha value is -1.10. The second kappa shape index (κ2) is 8.37. The van der Waals surface area contributed by atoms with Gasteiger partial charge < -0.3 is 5.32 Å². The summed E-state index contributed by atoms with van der Waals surface area (Å²) < 4.78 is 13.4. The summed E-state index contributed by atoms with van der Waals surface area (Å²) in [5, 5.41) is 4.18. The molecule has 1 aromatic carbocycles. The first kappa shape index (κ1) is 16.3. The summed E-state index contributed by atoms with van der Waals surface area (Å²) in [6.07, 6.45) is 3.96. The fourth-order valence-corrected chi connectivity index (χ4v) is 3.28. The molecule has 0 spiro atoms. The number of thioether (sulfide) groups is 1. The number of halogens is 2. The van der Waals surface area contributed by atoms with E-state index in [4.69, 9.17) is 11.6 Å². The number of rotatable bonds is 7. The molecule has 0 saturated carbocycles. The van der Waals surface area contributed by atoms with Crippen molar-refractivity contribution in [2.24, 2.45) is 0 Å². The van der Waals surface area contributed by atoms with E-state index in [0.29, 0.717) is 0 Å². The van der Waals surface area contributed by atoms with Gasteiger partial charge in [0.1, 0.15) is 5.82 Å². The van der Waals surface area contributed by atoms with Crippen molar-refractivity contribution < 1.29 is 4.39 Å². The van der Waals surface area contributed by atoms with Crippen LogP contribution >= 0.6 is 23.4 Å². The molecule has 2 rings (SSSR count). The Kier molecular flexibility index (Phi) is 6.49. The summed E-state index contributed by atoms with van der Waals surface area (Å²) in [6.45, 7) is 2.99. The fraction of sp³-hybridized carbons (Fsp3) is 0.312. The maximum absolute atomic E-state index is 13.4. The van der Waals surface area contributed by atoms with Crippen molar-refractivity contribution in [3.8, 4) is 0 Å². The Morgan fingerprint density at radius 1 is 1.33 bits per heavy atom. The first-order valence-corrected chi connectivity index (χ1v) is 8.28. The van der Waals surface area contributed by atoms with Crippen LogP contribution in [0.4, 0.5) is 4.39 Å². The average Bonchev–Trinajstić information content (AvgIpc) is 2.49. The zero-order chi connectivity index (χ0) is 15.1. The van der Waals surface area contributed by atoms with Gasteiger partial charge in [-0.2, -0.15) is 0 Å². The number of nitrogens with zero attached hydrogens (tertiary/aromatic N) is 1. The van der Waals surface area contributed by atoms with Gasteiger partial charge in [-0.15, -0.1) is 11.8 Å². The molecule has 0 saturated heterocycles. The highest BCUT2D eigenvalue weighted by molar-refractivity contribution is 7.99. The molecule has 5 heteroatoms. The van der Waals surface area contributed by atoms with Gasteiger partial charge in [0.2, 0.25) is 0 Å². The quantitative estimate of drug-likeness (QED) is 0.747. The standard InChI is InChI=1S/C16H18ClFN2S/c1-2-7-20-15(12-8-13(18)10-19-9-12)11-21-16-6-4-3-5-14(16)17/h3-6,8-10,15,20H,2,7,11H2,1H3. The van der Waals surface area contributed by atoms with E-state index < -0.39 is 0 Å². The van der Waals surface area contributed by atoms with Crippen molar-refractivity contribution in [3.05, 3.63) is 59.1 Å². The van der Waals surface area contributed by atoms with Gasteiger partial charge in [-0.05, 0) is 36.7 Å². The highest BCUT2D eigenvalue weighted by Crippen LogP contribution is 2.30. The maximum atomic E-state index is 13.4. The van der Waals surface area contributed by atoms with E-state index in [0.717, 1.165) is 34.2 Å². The molecule has 0 radical (unpaired) electrons. The zero-order valence-corrected chi connectivity index (χ0v) is 13.4. The third-order valence-corrected chi connectivity index (χ3v) is 4.62. The van der Waals surface area contributed by atoms with Gasteiger partial charge in [-0.3, -0.25) is 4.98 Å². The van der Waals surface area contributed by atoms with Crippen LogP contribution in [0.1, 0.15) is 24.9 Å². The van der Waals surface area contributed by atoms with Crippen molar-refractivity contribution >= 4 is 23.4 Å². The smallest absolute Gasteiger partial charge is 0.141 e. The molecular formula is C16H18ClFN2S. The molecule has 21 heavy (non-hydrogen) atoms. The van der Waals surface area contributed by atoms with Crippen LogP contribution in [-0.2, 0) is 0 Å². The van der Waals surface area contributed by atoms with Gasteiger partial charge in [0.15, 0.2) is 0 Å². The number of hydrogen-bond acceptors (Lipinski definition) is 3. The van der Waals surface area contributed by atoms with Gasteiger partial charge in [0, 0.05) is 22.9 Å². The molecular weight excluding hydrogens is 307 g/mol. The summed E-state index contributed by atoms with van der Waals surface area (Å²) in [6, 6.07) is 9.33. The second-order valence-corrected chi connectivity index (χ2v) is 6.15. The summed E-state index contributed by atoms with van der Waals surface area (Å²) in [5.41, 5.74) is 0.864. The molecule has 0 bridgehead atoms. The third-order valence-electron chi connectivity index (χ3n) is 3.01. The minimum atomic E-state index is -0.307. The van der Waals surface area contributed by atoms with E-state index in [2.05, 4.69) is 17.2 Å². The molecule has 1 N–H and O–H groups in total. The minimum Gasteiger partial charge on any atom is -0.309 e. The molecule has 2 aromatic rings. The van der Waals surface area contributed by atoms with Crippen LogP contribution in [0.15, 0.2) is 47.6 Å². The average molecular weight is 325 g/mol. The summed E-state index contributed by atoms with van der Waals surface area (Å²) in [7, 11) is 0. The molecule has 0 aliphatic rings. The van der Waals surface area contributed by atoms with Gasteiger partial charge in [-0.1, -0.05) is 30.7 Å². The summed E-state index contributed by atoms with van der Waals surface area (Å²) in [5.74, 6) is 0.466. The third kappa shape index (κ3) is 4.99. The van der Waals surface area contributed by atoms with Crippen molar-refractivity contribution in [1.82, 2.24) is 10.3 Å². The predicted molar refractivity (Wildman–Crippen MR) is 87.4 cm³/mol. The van der Waals surface area contributed by atoms with Crippen LogP contribution < -0.4 is 5.32 Å². The number of benzene rings is 1. The van der Waals surface area contributed by atoms with Gasteiger partial charge in [0.25, 0.3) is 0 Å². The first-order chi connectivity index (χ1) is 10.2. The van der Waals surface area contributed by atoms with Gasteiger partial charge in [0.05, 0.1) is 11.2 Å². The van der Waals surface area contributed by atoms with Crippen molar-refractivity contribution in [2.75, 3.05) is 12.3 Å². The lowest BCUT2D eigenvalue weighted by Crippen LogP contribution is -2.24. The van der Waals surface area contributed by atoms with Crippen LogP contribution in [0.2, 0.25) is 5.02 Å². The monoisotopic (exact) mass is 324 g/mol. The van der Waals surface area contributed by atoms with E-state index in [9.17, 15) is 4.39 Å². The van der Waals surface area contributed by atoms with E-state index in [1.807, 2.05) is 24.3 Å². The number of hydrogen-bond donors (Lipinski definition) is 1. The Labute approximate surface area is 134 Å².